The predicted molar refractivity (Wildman–Crippen MR) is 86.0 cm³/mol. The quantitative estimate of drug-likeness (QED) is 0.656. The van der Waals surface area contributed by atoms with Gasteiger partial charge < -0.3 is 4.74 Å². The molecule has 22 heavy (non-hydrogen) atoms. The first-order valence-corrected chi connectivity index (χ1v) is 7.37. The van der Waals surface area contributed by atoms with E-state index in [4.69, 9.17) is 4.74 Å². The van der Waals surface area contributed by atoms with E-state index in [-0.39, 0.29) is 5.69 Å². The fourth-order valence-corrected chi connectivity index (χ4v) is 2.67. The first-order valence-electron chi connectivity index (χ1n) is 7.37. The van der Waals surface area contributed by atoms with Gasteiger partial charge in [-0.1, -0.05) is 30.3 Å². The Morgan fingerprint density at radius 2 is 1.91 bits per heavy atom. The Kier molecular flexibility index (Phi) is 4.34. The predicted octanol–water partition coefficient (Wildman–Crippen LogP) is 2.28. The van der Waals surface area contributed by atoms with Crippen LogP contribution in [0.4, 0.5) is 0 Å². The molecule has 0 aliphatic rings. The van der Waals surface area contributed by atoms with E-state index >= 15 is 0 Å². The van der Waals surface area contributed by atoms with Crippen LogP contribution in [0.25, 0.3) is 11.0 Å². The van der Waals surface area contributed by atoms with Gasteiger partial charge in [0, 0.05) is 26.5 Å². The lowest BCUT2D eigenvalue weighted by atomic mass is 10.2. The van der Waals surface area contributed by atoms with Crippen LogP contribution in [0.2, 0.25) is 0 Å². The fourth-order valence-electron chi connectivity index (χ4n) is 2.67. The summed E-state index contributed by atoms with van der Waals surface area (Å²) in [5.41, 5.74) is 2.90. The van der Waals surface area contributed by atoms with Crippen molar-refractivity contribution < 1.29 is 4.74 Å². The fraction of sp³-hybridized carbons (Fsp3) is 0.294. The van der Waals surface area contributed by atoms with Crippen LogP contribution in [-0.4, -0.2) is 27.8 Å². The van der Waals surface area contributed by atoms with Crippen molar-refractivity contribution in [2.75, 3.05) is 13.7 Å². The molecule has 2 heterocycles. The lowest BCUT2D eigenvalue weighted by Crippen LogP contribution is -2.25. The number of aromatic nitrogens is 3. The molecule has 0 N–H and O–H groups in total. The number of benzene rings is 1. The third kappa shape index (κ3) is 2.80. The molecule has 3 rings (SSSR count). The average molecular weight is 297 g/mol. The number of aryl methyl sites for hydroxylation is 1. The van der Waals surface area contributed by atoms with Gasteiger partial charge in [-0.2, -0.15) is 0 Å². The molecule has 0 aliphatic heterocycles. The summed E-state index contributed by atoms with van der Waals surface area (Å²) in [6.45, 7) is 1.84. The zero-order valence-corrected chi connectivity index (χ0v) is 12.6. The minimum atomic E-state index is 0.00274. The molecule has 0 saturated heterocycles. The number of rotatable bonds is 6. The van der Waals surface area contributed by atoms with Crippen LogP contribution in [0, 0.1) is 0 Å². The summed E-state index contributed by atoms with van der Waals surface area (Å²) in [6, 6.07) is 11.9. The van der Waals surface area contributed by atoms with Crippen molar-refractivity contribution in [2.45, 2.75) is 19.5 Å². The number of hydrogen-bond donors (Lipinski definition) is 0. The van der Waals surface area contributed by atoms with E-state index in [1.165, 1.54) is 0 Å². The Labute approximate surface area is 128 Å². The number of pyridine rings is 1. The molecule has 2 aromatic heterocycles. The maximum atomic E-state index is 12.7. The first kappa shape index (κ1) is 14.5. The van der Waals surface area contributed by atoms with E-state index < -0.39 is 0 Å². The summed E-state index contributed by atoms with van der Waals surface area (Å²) in [7, 11) is 1.67. The Morgan fingerprint density at radius 3 is 2.68 bits per heavy atom. The van der Waals surface area contributed by atoms with Gasteiger partial charge in [0.2, 0.25) is 0 Å². The second-order valence-electron chi connectivity index (χ2n) is 5.22. The highest BCUT2D eigenvalue weighted by atomic mass is 16.5. The Hall–Kier alpha value is -2.40. The van der Waals surface area contributed by atoms with Gasteiger partial charge in [0.15, 0.2) is 0 Å². The highest BCUT2D eigenvalue weighted by Gasteiger charge is 2.13. The number of methoxy groups -OCH3 is 1. The van der Waals surface area contributed by atoms with Crippen LogP contribution in [-0.2, 0) is 17.8 Å². The number of fused-ring (bicyclic) bond motifs is 1. The topological polar surface area (TPSA) is 49.0 Å². The first-order chi connectivity index (χ1) is 10.8. The molecule has 0 unspecified atom stereocenters. The van der Waals surface area contributed by atoms with Gasteiger partial charge in [-0.05, 0) is 18.1 Å². The molecule has 0 atom stereocenters. The normalized spacial score (nSPS) is 11.1. The SMILES string of the molecule is COCCCn1c(=O)n(Cc2ccccc2)c2ccncc21. The van der Waals surface area contributed by atoms with E-state index in [9.17, 15) is 4.79 Å². The Balaban J connectivity index is 2.02. The summed E-state index contributed by atoms with van der Waals surface area (Å²) in [6.07, 6.45) is 4.28. The van der Waals surface area contributed by atoms with E-state index in [2.05, 4.69) is 4.98 Å². The van der Waals surface area contributed by atoms with Crippen molar-refractivity contribution in [3.63, 3.8) is 0 Å². The monoisotopic (exact) mass is 297 g/mol. The minimum absolute atomic E-state index is 0.00274. The van der Waals surface area contributed by atoms with Gasteiger partial charge in [0.05, 0.1) is 23.8 Å². The van der Waals surface area contributed by atoms with Gasteiger partial charge in [-0.15, -0.1) is 0 Å². The van der Waals surface area contributed by atoms with E-state index in [1.54, 1.807) is 28.6 Å². The molecule has 5 nitrogen and oxygen atoms in total. The molecule has 114 valence electrons. The molecule has 0 bridgehead atoms. The second kappa shape index (κ2) is 6.58. The summed E-state index contributed by atoms with van der Waals surface area (Å²) >= 11 is 0. The molecular weight excluding hydrogens is 278 g/mol. The van der Waals surface area contributed by atoms with Crippen LogP contribution in [0.15, 0.2) is 53.6 Å². The van der Waals surface area contributed by atoms with Crippen molar-refractivity contribution >= 4 is 11.0 Å². The van der Waals surface area contributed by atoms with Gasteiger partial charge >= 0.3 is 5.69 Å². The van der Waals surface area contributed by atoms with Crippen molar-refractivity contribution in [3.8, 4) is 0 Å². The van der Waals surface area contributed by atoms with Crippen LogP contribution in [0.5, 0.6) is 0 Å². The van der Waals surface area contributed by atoms with Crippen LogP contribution in [0.3, 0.4) is 0 Å². The van der Waals surface area contributed by atoms with Crippen LogP contribution in [0.1, 0.15) is 12.0 Å². The summed E-state index contributed by atoms with van der Waals surface area (Å²) in [5.74, 6) is 0. The molecule has 5 heteroatoms. The molecule has 0 aliphatic carbocycles. The smallest absolute Gasteiger partial charge is 0.329 e. The van der Waals surface area contributed by atoms with E-state index in [0.29, 0.717) is 19.7 Å². The third-order valence-corrected chi connectivity index (χ3v) is 3.73. The maximum Gasteiger partial charge on any atom is 0.329 e. The van der Waals surface area contributed by atoms with Crippen molar-refractivity contribution in [3.05, 3.63) is 64.8 Å². The highest BCUT2D eigenvalue weighted by Crippen LogP contribution is 2.13. The summed E-state index contributed by atoms with van der Waals surface area (Å²) in [4.78, 5) is 16.9. The van der Waals surface area contributed by atoms with Crippen LogP contribution < -0.4 is 5.69 Å². The number of hydrogen-bond acceptors (Lipinski definition) is 3. The van der Waals surface area contributed by atoms with Gasteiger partial charge in [-0.25, -0.2) is 4.79 Å². The van der Waals surface area contributed by atoms with E-state index in [1.807, 2.05) is 36.4 Å². The third-order valence-electron chi connectivity index (χ3n) is 3.73. The van der Waals surface area contributed by atoms with Gasteiger partial charge in [-0.3, -0.25) is 14.1 Å². The minimum Gasteiger partial charge on any atom is -0.385 e. The number of imidazole rings is 1. The second-order valence-corrected chi connectivity index (χ2v) is 5.22. The van der Waals surface area contributed by atoms with Crippen molar-refractivity contribution in [2.24, 2.45) is 0 Å². The molecule has 0 saturated carbocycles. The van der Waals surface area contributed by atoms with Crippen molar-refractivity contribution in [1.29, 1.82) is 0 Å². The Morgan fingerprint density at radius 1 is 1.09 bits per heavy atom. The Bertz CT molecular complexity index is 806. The summed E-state index contributed by atoms with van der Waals surface area (Å²) in [5, 5.41) is 0. The number of nitrogens with zero attached hydrogens (tertiary/aromatic N) is 3. The lowest BCUT2D eigenvalue weighted by Gasteiger charge is -2.03. The lowest BCUT2D eigenvalue weighted by molar-refractivity contribution is 0.190. The number of ether oxygens (including phenoxy) is 1. The van der Waals surface area contributed by atoms with Gasteiger partial charge in [0.25, 0.3) is 0 Å². The molecule has 0 radical (unpaired) electrons. The maximum absolute atomic E-state index is 12.7. The molecule has 0 amide bonds. The average Bonchev–Trinajstić information content (AvgIpc) is 2.82. The largest absolute Gasteiger partial charge is 0.385 e. The zero-order chi connectivity index (χ0) is 15.4. The standard InChI is InChI=1S/C17H19N3O2/c1-22-11-5-10-19-16-12-18-9-8-15(16)20(17(19)21)13-14-6-3-2-4-7-14/h2-4,6-9,12H,5,10-11,13H2,1H3. The zero-order valence-electron chi connectivity index (χ0n) is 12.6. The van der Waals surface area contributed by atoms with Crippen LogP contribution >= 0.6 is 0 Å². The summed E-state index contributed by atoms with van der Waals surface area (Å²) < 4.78 is 8.67. The van der Waals surface area contributed by atoms with Crippen molar-refractivity contribution in [1.82, 2.24) is 14.1 Å². The van der Waals surface area contributed by atoms with Gasteiger partial charge in [0.1, 0.15) is 0 Å². The molecule has 1 aromatic carbocycles. The molecule has 0 spiro atoms. The molecular formula is C17H19N3O2. The highest BCUT2D eigenvalue weighted by molar-refractivity contribution is 5.74. The molecule has 0 fully saturated rings. The molecule has 3 aromatic rings. The van der Waals surface area contributed by atoms with E-state index in [0.717, 1.165) is 23.0 Å².